The van der Waals surface area contributed by atoms with Crippen LogP contribution in [-0.2, 0) is 22.7 Å². The molecule has 0 spiro atoms. The molecule has 0 aliphatic carbocycles. The Balaban J connectivity index is 1.51. The first-order valence-corrected chi connectivity index (χ1v) is 10.8. The number of hydrogen-bond donors (Lipinski definition) is 1. The van der Waals surface area contributed by atoms with Gasteiger partial charge >= 0.3 is 0 Å². The van der Waals surface area contributed by atoms with Gasteiger partial charge in [-0.25, -0.2) is 4.98 Å². The zero-order valence-electron chi connectivity index (χ0n) is 17.5. The molecule has 1 atom stereocenters. The van der Waals surface area contributed by atoms with Gasteiger partial charge in [-0.05, 0) is 30.7 Å². The van der Waals surface area contributed by atoms with E-state index in [1.165, 1.54) is 0 Å². The Kier molecular flexibility index (Phi) is 5.54. The number of morpholine rings is 1. The summed E-state index contributed by atoms with van der Waals surface area (Å²) in [5.74, 6) is 0.666. The Bertz CT molecular complexity index is 1190. The number of carbonyl (C=O) groups excluding carboxylic acids is 1. The van der Waals surface area contributed by atoms with Crippen LogP contribution in [0.25, 0.3) is 10.9 Å². The number of nitrogens with two attached hydrogens (primary N) is 1. The number of aromatic nitrogens is 3. The van der Waals surface area contributed by atoms with Crippen LogP contribution in [0, 0.1) is 0 Å². The molecule has 32 heavy (non-hydrogen) atoms. The summed E-state index contributed by atoms with van der Waals surface area (Å²) < 4.78 is 16.6. The van der Waals surface area contributed by atoms with Gasteiger partial charge in [0.2, 0.25) is 5.88 Å². The van der Waals surface area contributed by atoms with Gasteiger partial charge in [-0.2, -0.15) is 0 Å². The minimum absolute atomic E-state index is 0.203. The molecule has 5 rings (SSSR count). The molecule has 166 valence electrons. The Hall–Kier alpha value is -3.01. The van der Waals surface area contributed by atoms with Gasteiger partial charge in [-0.15, -0.1) is 10.2 Å². The molecule has 1 aromatic carbocycles. The average molecular weight is 456 g/mol. The first-order chi connectivity index (χ1) is 15.6. The normalized spacial score (nSPS) is 18.1. The number of pyridine rings is 1. The number of halogens is 1. The number of nitrogen functional groups attached to an aromatic ring is 1. The maximum Gasteiger partial charge on any atom is 0.256 e. The molecule has 3 aromatic rings. The molecule has 0 saturated carbocycles. The van der Waals surface area contributed by atoms with Gasteiger partial charge < -0.3 is 24.8 Å². The molecule has 1 amide bonds. The topological polar surface area (TPSA) is 113 Å². The highest BCUT2D eigenvalue weighted by atomic mass is 35.5. The highest BCUT2D eigenvalue weighted by Crippen LogP contribution is 2.35. The van der Waals surface area contributed by atoms with Crippen molar-refractivity contribution in [1.29, 1.82) is 0 Å². The molecule has 2 aliphatic rings. The maximum absolute atomic E-state index is 13.6. The fourth-order valence-electron chi connectivity index (χ4n) is 4.14. The lowest BCUT2D eigenvalue weighted by molar-refractivity contribution is -0.00417. The van der Waals surface area contributed by atoms with Gasteiger partial charge in [0, 0.05) is 23.6 Å². The van der Waals surface area contributed by atoms with Crippen molar-refractivity contribution in [2.75, 3.05) is 32.1 Å². The number of hydrogen-bond acceptors (Lipinski definition) is 8. The Morgan fingerprint density at radius 3 is 2.88 bits per heavy atom. The fourth-order valence-corrected chi connectivity index (χ4v) is 4.37. The number of fused-ring (bicyclic) bond motifs is 3. The van der Waals surface area contributed by atoms with E-state index in [1.807, 2.05) is 6.92 Å². The van der Waals surface area contributed by atoms with Crippen LogP contribution in [0.1, 0.15) is 40.1 Å². The Morgan fingerprint density at radius 1 is 1.25 bits per heavy atom. The number of ether oxygens (including phenoxy) is 3. The molecule has 2 aromatic heterocycles. The molecule has 0 unspecified atom stereocenters. The molecule has 2 aliphatic heterocycles. The van der Waals surface area contributed by atoms with Crippen LogP contribution < -0.4 is 10.5 Å². The van der Waals surface area contributed by atoms with Gasteiger partial charge in [0.05, 0.1) is 60.9 Å². The van der Waals surface area contributed by atoms with E-state index >= 15 is 0 Å². The monoisotopic (exact) mass is 455 g/mol. The van der Waals surface area contributed by atoms with Gasteiger partial charge in [0.25, 0.3) is 5.91 Å². The number of anilines is 1. The van der Waals surface area contributed by atoms with E-state index in [9.17, 15) is 4.79 Å². The largest absolute Gasteiger partial charge is 0.477 e. The maximum atomic E-state index is 13.6. The van der Waals surface area contributed by atoms with Crippen molar-refractivity contribution in [3.63, 3.8) is 0 Å². The van der Waals surface area contributed by atoms with Crippen LogP contribution in [0.5, 0.6) is 5.88 Å². The van der Waals surface area contributed by atoms with Crippen LogP contribution in [0.2, 0.25) is 5.02 Å². The zero-order chi connectivity index (χ0) is 22.2. The molecule has 9 nitrogen and oxygen atoms in total. The van der Waals surface area contributed by atoms with E-state index in [0.717, 1.165) is 16.5 Å². The predicted molar refractivity (Wildman–Crippen MR) is 117 cm³/mol. The van der Waals surface area contributed by atoms with Crippen LogP contribution >= 0.6 is 11.6 Å². The second-order valence-electron chi connectivity index (χ2n) is 7.61. The molecule has 1 fully saturated rings. The van der Waals surface area contributed by atoms with Crippen LogP contribution in [0.3, 0.4) is 0 Å². The molecule has 2 N–H and O–H groups in total. The summed E-state index contributed by atoms with van der Waals surface area (Å²) in [6, 6.07) is 6.63. The molecule has 1 saturated heterocycles. The zero-order valence-corrected chi connectivity index (χ0v) is 18.3. The SMILES string of the molecule is CCOc1ccc([C@@H]2COCCN2C(=O)c2cc3c4c(c(N)nc3cc2Cl)COC4)nn1. The van der Waals surface area contributed by atoms with E-state index in [1.54, 1.807) is 29.2 Å². The van der Waals surface area contributed by atoms with Crippen molar-refractivity contribution in [1.82, 2.24) is 20.1 Å². The van der Waals surface area contributed by atoms with Crippen LogP contribution in [0.15, 0.2) is 24.3 Å². The van der Waals surface area contributed by atoms with Crippen molar-refractivity contribution in [3.8, 4) is 5.88 Å². The van der Waals surface area contributed by atoms with E-state index in [2.05, 4.69) is 15.2 Å². The number of amides is 1. The summed E-state index contributed by atoms with van der Waals surface area (Å²) in [4.78, 5) is 19.8. The third-order valence-corrected chi connectivity index (χ3v) is 6.04. The smallest absolute Gasteiger partial charge is 0.256 e. The quantitative estimate of drug-likeness (QED) is 0.639. The lowest BCUT2D eigenvalue weighted by atomic mass is 10.0. The molecular formula is C22H22ClN5O4. The lowest BCUT2D eigenvalue weighted by Gasteiger charge is -2.35. The molecular weight excluding hydrogens is 434 g/mol. The molecule has 4 heterocycles. The van der Waals surface area contributed by atoms with E-state index in [-0.39, 0.29) is 11.9 Å². The Labute approximate surface area is 189 Å². The first-order valence-electron chi connectivity index (χ1n) is 10.4. The number of carbonyl (C=O) groups is 1. The second-order valence-corrected chi connectivity index (χ2v) is 8.02. The van der Waals surface area contributed by atoms with E-state index in [0.29, 0.717) is 73.1 Å². The minimum atomic E-state index is -0.384. The van der Waals surface area contributed by atoms with Crippen molar-refractivity contribution in [3.05, 3.63) is 51.7 Å². The lowest BCUT2D eigenvalue weighted by Crippen LogP contribution is -2.43. The van der Waals surface area contributed by atoms with Gasteiger partial charge in [-0.3, -0.25) is 4.79 Å². The summed E-state index contributed by atoms with van der Waals surface area (Å²) in [5.41, 5.74) is 9.55. The van der Waals surface area contributed by atoms with Crippen molar-refractivity contribution >= 4 is 34.2 Å². The van der Waals surface area contributed by atoms with E-state index < -0.39 is 0 Å². The molecule has 0 radical (unpaired) electrons. The summed E-state index contributed by atoms with van der Waals surface area (Å²) in [6.45, 7) is 4.38. The van der Waals surface area contributed by atoms with Gasteiger partial charge in [0.1, 0.15) is 5.82 Å². The van der Waals surface area contributed by atoms with Gasteiger partial charge in [-0.1, -0.05) is 11.6 Å². The Morgan fingerprint density at radius 2 is 2.09 bits per heavy atom. The van der Waals surface area contributed by atoms with Crippen LogP contribution in [0.4, 0.5) is 5.82 Å². The summed E-state index contributed by atoms with van der Waals surface area (Å²) >= 11 is 6.53. The highest BCUT2D eigenvalue weighted by molar-refractivity contribution is 6.34. The summed E-state index contributed by atoms with van der Waals surface area (Å²) in [6.07, 6.45) is 0. The minimum Gasteiger partial charge on any atom is -0.477 e. The number of benzene rings is 1. The fraction of sp³-hybridized carbons (Fsp3) is 0.364. The average Bonchev–Trinajstić information content (AvgIpc) is 3.30. The van der Waals surface area contributed by atoms with Crippen molar-refractivity contribution in [2.45, 2.75) is 26.2 Å². The predicted octanol–water partition coefficient (Wildman–Crippen LogP) is 2.90. The summed E-state index contributed by atoms with van der Waals surface area (Å²) in [5, 5.41) is 9.48. The highest BCUT2D eigenvalue weighted by Gasteiger charge is 2.32. The number of rotatable bonds is 4. The summed E-state index contributed by atoms with van der Waals surface area (Å²) in [7, 11) is 0. The third-order valence-electron chi connectivity index (χ3n) is 5.73. The van der Waals surface area contributed by atoms with Gasteiger partial charge in [0.15, 0.2) is 0 Å². The second kappa shape index (κ2) is 8.50. The standard InChI is InChI=1S/C22H22ClN5O4/c1-2-32-20-4-3-17(26-27-20)19-11-30-6-5-28(19)22(29)13-7-12-14-9-31-10-15(14)21(24)25-18(12)8-16(13)23/h3-4,7-8,19H,2,5-6,9-11H2,1H3,(H2,24,25)/t19-/m0/s1. The molecule has 0 bridgehead atoms. The molecule has 10 heteroatoms. The van der Waals surface area contributed by atoms with Crippen molar-refractivity contribution in [2.24, 2.45) is 0 Å². The van der Waals surface area contributed by atoms with Crippen molar-refractivity contribution < 1.29 is 19.0 Å². The van der Waals surface area contributed by atoms with E-state index in [4.69, 9.17) is 31.5 Å². The first kappa shape index (κ1) is 20.9. The number of nitrogens with zero attached hydrogens (tertiary/aromatic N) is 4. The van der Waals surface area contributed by atoms with Crippen LogP contribution in [-0.4, -0.2) is 52.4 Å². The third kappa shape index (κ3) is 3.62.